The van der Waals surface area contributed by atoms with E-state index in [9.17, 15) is 9.59 Å². The van der Waals surface area contributed by atoms with Crippen LogP contribution in [0.4, 0.5) is 0 Å². The van der Waals surface area contributed by atoms with Crippen molar-refractivity contribution in [1.82, 2.24) is 10.2 Å². The van der Waals surface area contributed by atoms with Crippen molar-refractivity contribution in [3.8, 4) is 0 Å². The topological polar surface area (TPSA) is 49.4 Å². The fourth-order valence-electron chi connectivity index (χ4n) is 3.55. The van der Waals surface area contributed by atoms with E-state index in [1.165, 1.54) is 19.3 Å². The van der Waals surface area contributed by atoms with Crippen LogP contribution in [0.25, 0.3) is 0 Å². The molecule has 21 heavy (non-hydrogen) atoms. The van der Waals surface area contributed by atoms with Crippen LogP contribution >= 0.6 is 0 Å². The third-order valence-corrected chi connectivity index (χ3v) is 5.43. The molecule has 0 spiro atoms. The maximum atomic E-state index is 13.0. The zero-order chi connectivity index (χ0) is 15.8. The van der Waals surface area contributed by atoms with Crippen LogP contribution in [0.5, 0.6) is 0 Å². The molecule has 2 rings (SSSR count). The summed E-state index contributed by atoms with van der Waals surface area (Å²) in [5.41, 5.74) is -0.896. The molecule has 1 aliphatic heterocycles. The highest BCUT2D eigenvalue weighted by Gasteiger charge is 2.53. The van der Waals surface area contributed by atoms with Crippen molar-refractivity contribution in [2.45, 2.75) is 78.3 Å². The van der Waals surface area contributed by atoms with E-state index in [2.05, 4.69) is 5.32 Å². The second-order valence-corrected chi connectivity index (χ2v) is 7.76. The summed E-state index contributed by atoms with van der Waals surface area (Å²) in [5.74, 6) is 0.724. The van der Waals surface area contributed by atoms with Gasteiger partial charge < -0.3 is 10.2 Å². The molecular weight excluding hydrogens is 264 g/mol. The van der Waals surface area contributed by atoms with Crippen LogP contribution in [-0.2, 0) is 9.59 Å². The first kappa shape index (κ1) is 16.3. The Labute approximate surface area is 128 Å². The lowest BCUT2D eigenvalue weighted by Gasteiger charge is -2.51. The van der Waals surface area contributed by atoms with Gasteiger partial charge in [0.05, 0.1) is 0 Å². The van der Waals surface area contributed by atoms with Gasteiger partial charge in [-0.1, -0.05) is 41.0 Å². The Balaban J connectivity index is 2.33. The van der Waals surface area contributed by atoms with Crippen LogP contribution < -0.4 is 5.32 Å². The highest BCUT2D eigenvalue weighted by atomic mass is 16.2. The Morgan fingerprint density at radius 2 is 1.76 bits per heavy atom. The van der Waals surface area contributed by atoms with Gasteiger partial charge >= 0.3 is 0 Å². The standard InChI is InChI=1S/C17H30N2O2/c1-6-17(7-2)15(21)18-13(16(3,4)5)14(20)19(17)11-12-9-8-10-12/h12-13H,6-11H2,1-5H3,(H,18,21). The summed E-state index contributed by atoms with van der Waals surface area (Å²) in [4.78, 5) is 27.7. The third kappa shape index (κ3) is 2.69. The number of nitrogens with zero attached hydrogens (tertiary/aromatic N) is 1. The predicted molar refractivity (Wildman–Crippen MR) is 83.8 cm³/mol. The van der Waals surface area contributed by atoms with Gasteiger partial charge in [-0.05, 0) is 37.0 Å². The van der Waals surface area contributed by atoms with Crippen molar-refractivity contribution in [2.75, 3.05) is 6.54 Å². The van der Waals surface area contributed by atoms with E-state index in [0.29, 0.717) is 18.8 Å². The smallest absolute Gasteiger partial charge is 0.246 e. The highest BCUT2D eigenvalue weighted by Crippen LogP contribution is 2.37. The van der Waals surface area contributed by atoms with Gasteiger partial charge in [-0.3, -0.25) is 9.59 Å². The number of hydrogen-bond acceptors (Lipinski definition) is 2. The Morgan fingerprint density at radius 3 is 2.14 bits per heavy atom. The van der Waals surface area contributed by atoms with Gasteiger partial charge in [0.2, 0.25) is 11.8 Å². The third-order valence-electron chi connectivity index (χ3n) is 5.43. The van der Waals surface area contributed by atoms with Gasteiger partial charge in [0.25, 0.3) is 0 Å². The monoisotopic (exact) mass is 294 g/mol. The van der Waals surface area contributed by atoms with E-state index < -0.39 is 11.6 Å². The number of carbonyl (C=O) groups excluding carboxylic acids is 2. The molecule has 2 aliphatic rings. The first-order chi connectivity index (χ1) is 9.76. The Morgan fingerprint density at radius 1 is 1.19 bits per heavy atom. The minimum Gasteiger partial charge on any atom is -0.342 e. The Bertz CT molecular complexity index is 417. The van der Waals surface area contributed by atoms with E-state index in [0.717, 1.165) is 6.54 Å². The molecule has 0 aromatic heterocycles. The zero-order valence-corrected chi connectivity index (χ0v) is 14.2. The maximum Gasteiger partial charge on any atom is 0.246 e. The van der Waals surface area contributed by atoms with Crippen LogP contribution in [0, 0.1) is 11.3 Å². The van der Waals surface area contributed by atoms with Crippen LogP contribution in [0.3, 0.4) is 0 Å². The molecule has 4 nitrogen and oxygen atoms in total. The minimum atomic E-state index is -0.644. The normalized spacial score (nSPS) is 26.5. The van der Waals surface area contributed by atoms with Crippen molar-refractivity contribution in [1.29, 1.82) is 0 Å². The molecule has 1 N–H and O–H groups in total. The molecule has 4 heteroatoms. The molecule has 1 saturated carbocycles. The van der Waals surface area contributed by atoms with Crippen molar-refractivity contribution in [2.24, 2.45) is 11.3 Å². The molecule has 1 unspecified atom stereocenters. The molecule has 120 valence electrons. The predicted octanol–water partition coefficient (Wildman–Crippen LogP) is 2.72. The summed E-state index contributed by atoms with van der Waals surface area (Å²) >= 11 is 0. The molecule has 0 radical (unpaired) electrons. The fourth-order valence-corrected chi connectivity index (χ4v) is 3.55. The van der Waals surface area contributed by atoms with Crippen molar-refractivity contribution in [3.63, 3.8) is 0 Å². The van der Waals surface area contributed by atoms with Crippen LogP contribution in [0.15, 0.2) is 0 Å². The number of amides is 2. The van der Waals surface area contributed by atoms with E-state index in [1.807, 2.05) is 39.5 Å². The molecule has 1 heterocycles. The Kier molecular flexibility index (Phi) is 4.36. The number of carbonyl (C=O) groups is 2. The summed E-state index contributed by atoms with van der Waals surface area (Å²) in [6.07, 6.45) is 5.01. The summed E-state index contributed by atoms with van der Waals surface area (Å²) < 4.78 is 0. The van der Waals surface area contributed by atoms with Crippen LogP contribution in [0.2, 0.25) is 0 Å². The van der Waals surface area contributed by atoms with Crippen molar-refractivity contribution >= 4 is 11.8 Å². The average Bonchev–Trinajstić information content (AvgIpc) is 2.36. The largest absolute Gasteiger partial charge is 0.342 e. The zero-order valence-electron chi connectivity index (χ0n) is 14.2. The number of nitrogens with one attached hydrogen (secondary N) is 1. The summed E-state index contributed by atoms with van der Waals surface area (Å²) in [6.45, 7) is 10.8. The SMILES string of the molecule is CCC1(CC)C(=O)NC(C(C)(C)C)C(=O)N1CC1CCC1. The Hall–Kier alpha value is -1.06. The second kappa shape index (κ2) is 5.62. The van der Waals surface area contributed by atoms with Gasteiger partial charge in [-0.25, -0.2) is 0 Å². The molecule has 2 amide bonds. The summed E-state index contributed by atoms with van der Waals surface area (Å²) in [7, 11) is 0. The molecular formula is C17H30N2O2. The van der Waals surface area contributed by atoms with Gasteiger partial charge in [0.15, 0.2) is 0 Å². The van der Waals surface area contributed by atoms with Gasteiger partial charge in [0.1, 0.15) is 11.6 Å². The fraction of sp³-hybridized carbons (Fsp3) is 0.882. The molecule has 1 aliphatic carbocycles. The molecule has 1 saturated heterocycles. The van der Waals surface area contributed by atoms with Gasteiger partial charge in [0, 0.05) is 6.54 Å². The van der Waals surface area contributed by atoms with Crippen LogP contribution in [0.1, 0.15) is 66.7 Å². The van der Waals surface area contributed by atoms with E-state index in [4.69, 9.17) is 0 Å². The number of piperazine rings is 1. The quantitative estimate of drug-likeness (QED) is 0.866. The number of rotatable bonds is 4. The molecule has 2 fully saturated rings. The van der Waals surface area contributed by atoms with E-state index in [1.54, 1.807) is 0 Å². The first-order valence-electron chi connectivity index (χ1n) is 8.38. The van der Waals surface area contributed by atoms with E-state index in [-0.39, 0.29) is 17.2 Å². The van der Waals surface area contributed by atoms with Gasteiger partial charge in [-0.2, -0.15) is 0 Å². The maximum absolute atomic E-state index is 13.0. The molecule has 0 bridgehead atoms. The molecule has 1 atom stereocenters. The second-order valence-electron chi connectivity index (χ2n) is 7.76. The van der Waals surface area contributed by atoms with Crippen molar-refractivity contribution in [3.05, 3.63) is 0 Å². The van der Waals surface area contributed by atoms with Crippen molar-refractivity contribution < 1.29 is 9.59 Å². The number of hydrogen-bond donors (Lipinski definition) is 1. The highest BCUT2D eigenvalue weighted by molar-refractivity contribution is 6.00. The molecule has 0 aromatic carbocycles. The molecule has 0 aromatic rings. The average molecular weight is 294 g/mol. The van der Waals surface area contributed by atoms with Crippen LogP contribution in [-0.4, -0.2) is 34.8 Å². The van der Waals surface area contributed by atoms with Gasteiger partial charge in [-0.15, -0.1) is 0 Å². The summed E-state index contributed by atoms with van der Waals surface area (Å²) in [6, 6.07) is -0.406. The lowest BCUT2D eigenvalue weighted by Crippen LogP contribution is -2.73. The minimum absolute atomic E-state index is 0.0337. The lowest BCUT2D eigenvalue weighted by molar-refractivity contribution is -0.163. The first-order valence-corrected chi connectivity index (χ1v) is 8.38. The lowest BCUT2D eigenvalue weighted by atomic mass is 9.77. The summed E-state index contributed by atoms with van der Waals surface area (Å²) in [5, 5.41) is 3.01. The van der Waals surface area contributed by atoms with E-state index >= 15 is 0 Å².